The van der Waals surface area contributed by atoms with E-state index in [4.69, 9.17) is 9.47 Å². The number of fused-ring (bicyclic) bond motifs is 1. The minimum atomic E-state index is -1.20. The van der Waals surface area contributed by atoms with Gasteiger partial charge in [0.15, 0.2) is 11.5 Å². The van der Waals surface area contributed by atoms with Crippen molar-refractivity contribution in [1.29, 1.82) is 0 Å². The molecule has 1 aromatic carbocycles. The Balaban J connectivity index is 1.92. The molecule has 0 radical (unpaired) electrons. The van der Waals surface area contributed by atoms with Crippen molar-refractivity contribution in [3.05, 3.63) is 62.8 Å². The van der Waals surface area contributed by atoms with Crippen molar-refractivity contribution in [3.8, 4) is 5.75 Å². The minimum absolute atomic E-state index is 0.0659. The summed E-state index contributed by atoms with van der Waals surface area (Å²) in [5.74, 6) is -5.97. The van der Waals surface area contributed by atoms with Crippen molar-refractivity contribution in [2.24, 2.45) is 5.41 Å². The van der Waals surface area contributed by atoms with Crippen molar-refractivity contribution in [1.82, 2.24) is 9.88 Å². The first-order valence-electron chi connectivity index (χ1n) is 10.5. The van der Waals surface area contributed by atoms with E-state index < -0.39 is 69.5 Å². The fraction of sp³-hybridized carbons (Fsp3) is 0.435. The lowest BCUT2D eigenvalue weighted by Crippen LogP contribution is -2.50. The van der Waals surface area contributed by atoms with Crippen LogP contribution in [0.3, 0.4) is 0 Å². The first kappa shape index (κ1) is 25.4. The van der Waals surface area contributed by atoms with Gasteiger partial charge in [-0.3, -0.25) is 14.4 Å². The van der Waals surface area contributed by atoms with Crippen LogP contribution in [0.1, 0.15) is 46.2 Å². The molecule has 1 aromatic heterocycles. The van der Waals surface area contributed by atoms with E-state index in [0.717, 1.165) is 6.20 Å². The number of pyridine rings is 1. The maximum absolute atomic E-state index is 13.8. The van der Waals surface area contributed by atoms with Crippen LogP contribution in [0, 0.1) is 22.9 Å². The monoisotopic (exact) mass is 482 g/mol. The Bertz CT molecular complexity index is 1160. The van der Waals surface area contributed by atoms with Gasteiger partial charge in [-0.15, -0.1) is 0 Å². The van der Waals surface area contributed by atoms with Gasteiger partial charge >= 0.3 is 0 Å². The average Bonchev–Trinajstić information content (AvgIpc) is 2.77. The Labute approximate surface area is 193 Å². The average molecular weight is 482 g/mol. The summed E-state index contributed by atoms with van der Waals surface area (Å²) in [4.78, 5) is 38.6. The lowest BCUT2D eigenvalue weighted by Gasteiger charge is -2.41. The van der Waals surface area contributed by atoms with E-state index in [1.54, 1.807) is 6.92 Å². The van der Waals surface area contributed by atoms with Crippen molar-refractivity contribution in [2.75, 3.05) is 20.8 Å². The number of Topliss-reactive ketones (excluding diaryl/α,β-unsaturated/α-hetero) is 1. The zero-order chi connectivity index (χ0) is 25.2. The highest BCUT2D eigenvalue weighted by Gasteiger charge is 2.48. The predicted octanol–water partition coefficient (Wildman–Crippen LogP) is 2.55. The standard InChI is InChI=1S/C23H25F3N2O6/c1-23(5-4-6-33-2)17(34-3)11-28-10-14(19(29)20(30)18(28)21(23)31)22(32)27-9-13-15(25)7-12(24)8-16(13)26/h7-8,10,17,30H,4-6,9,11H2,1-3H3,(H,27,32). The van der Waals surface area contributed by atoms with Gasteiger partial charge in [-0.25, -0.2) is 13.2 Å². The Hall–Kier alpha value is -3.18. The molecule has 2 N–H and O–H groups in total. The fourth-order valence-electron chi connectivity index (χ4n) is 4.19. The minimum Gasteiger partial charge on any atom is -0.503 e. The van der Waals surface area contributed by atoms with Crippen molar-refractivity contribution < 1.29 is 37.3 Å². The Morgan fingerprint density at radius 2 is 1.88 bits per heavy atom. The number of halogens is 3. The fourth-order valence-corrected chi connectivity index (χ4v) is 4.19. The number of aromatic nitrogens is 1. The number of aromatic hydroxyl groups is 1. The maximum Gasteiger partial charge on any atom is 0.257 e. The van der Waals surface area contributed by atoms with Gasteiger partial charge in [0.05, 0.1) is 18.1 Å². The molecule has 8 nitrogen and oxygen atoms in total. The number of hydrogen-bond donors (Lipinski definition) is 2. The van der Waals surface area contributed by atoms with Crippen LogP contribution in [0.25, 0.3) is 0 Å². The second-order valence-corrected chi connectivity index (χ2v) is 8.32. The van der Waals surface area contributed by atoms with Crippen LogP contribution in [0.15, 0.2) is 23.1 Å². The zero-order valence-electron chi connectivity index (χ0n) is 18.9. The first-order chi connectivity index (χ1) is 16.0. The van der Waals surface area contributed by atoms with Gasteiger partial charge < -0.3 is 24.5 Å². The van der Waals surface area contributed by atoms with Gasteiger partial charge in [-0.2, -0.15) is 0 Å². The quantitative estimate of drug-likeness (QED) is 0.560. The lowest BCUT2D eigenvalue weighted by atomic mass is 9.72. The van der Waals surface area contributed by atoms with Gasteiger partial charge in [0.2, 0.25) is 5.43 Å². The number of hydrogen-bond acceptors (Lipinski definition) is 6. The number of methoxy groups -OCH3 is 2. The van der Waals surface area contributed by atoms with E-state index in [9.17, 15) is 32.7 Å². The van der Waals surface area contributed by atoms with E-state index >= 15 is 0 Å². The van der Waals surface area contributed by atoms with Gasteiger partial charge in [0.25, 0.3) is 5.91 Å². The van der Waals surface area contributed by atoms with Crippen LogP contribution >= 0.6 is 0 Å². The molecule has 11 heteroatoms. The van der Waals surface area contributed by atoms with Gasteiger partial charge in [0, 0.05) is 51.3 Å². The summed E-state index contributed by atoms with van der Waals surface area (Å²) in [6.45, 7) is 1.48. The van der Waals surface area contributed by atoms with Crippen molar-refractivity contribution >= 4 is 11.7 Å². The molecule has 0 bridgehead atoms. The van der Waals surface area contributed by atoms with Gasteiger partial charge in [-0.05, 0) is 19.8 Å². The number of benzene rings is 1. The molecule has 0 saturated carbocycles. The molecule has 2 aromatic rings. The van der Waals surface area contributed by atoms with Crippen LogP contribution in [0.4, 0.5) is 13.2 Å². The summed E-state index contributed by atoms with van der Waals surface area (Å²) >= 11 is 0. The highest BCUT2D eigenvalue weighted by Crippen LogP contribution is 2.40. The van der Waals surface area contributed by atoms with Crippen LogP contribution in [0.2, 0.25) is 0 Å². The second kappa shape index (κ2) is 9.98. The highest BCUT2D eigenvalue weighted by atomic mass is 19.1. The molecule has 0 saturated heterocycles. The summed E-state index contributed by atoms with van der Waals surface area (Å²) in [6.07, 6.45) is 1.40. The van der Waals surface area contributed by atoms with Crippen LogP contribution in [-0.4, -0.2) is 48.3 Å². The smallest absolute Gasteiger partial charge is 0.257 e. The molecular weight excluding hydrogens is 457 g/mol. The second-order valence-electron chi connectivity index (χ2n) is 8.32. The number of carbonyl (C=O) groups excluding carboxylic acids is 2. The predicted molar refractivity (Wildman–Crippen MR) is 114 cm³/mol. The molecular formula is C23H25F3N2O6. The molecule has 2 atom stereocenters. The van der Waals surface area contributed by atoms with E-state index in [0.29, 0.717) is 31.6 Å². The normalized spacial score (nSPS) is 19.7. The third-order valence-corrected chi connectivity index (χ3v) is 6.17. The first-order valence-corrected chi connectivity index (χ1v) is 10.5. The van der Waals surface area contributed by atoms with E-state index in [-0.39, 0.29) is 12.2 Å². The maximum atomic E-state index is 13.8. The van der Waals surface area contributed by atoms with Crippen LogP contribution in [0.5, 0.6) is 5.75 Å². The molecule has 0 aliphatic carbocycles. The third kappa shape index (κ3) is 4.58. The zero-order valence-corrected chi connectivity index (χ0v) is 18.9. The van der Waals surface area contributed by atoms with Crippen LogP contribution < -0.4 is 10.7 Å². The Morgan fingerprint density at radius 1 is 1.24 bits per heavy atom. The molecule has 0 fully saturated rings. The van der Waals surface area contributed by atoms with E-state index in [1.807, 2.05) is 0 Å². The molecule has 2 heterocycles. The summed E-state index contributed by atoms with van der Waals surface area (Å²) in [6, 6.07) is 0.925. The molecule has 1 amide bonds. The topological polar surface area (TPSA) is 107 Å². The van der Waals surface area contributed by atoms with Crippen molar-refractivity contribution in [3.63, 3.8) is 0 Å². The number of rotatable bonds is 8. The third-order valence-electron chi connectivity index (χ3n) is 6.17. The molecule has 184 valence electrons. The van der Waals surface area contributed by atoms with E-state index in [1.165, 1.54) is 18.8 Å². The summed E-state index contributed by atoms with van der Waals surface area (Å²) < 4.78 is 52.6. The lowest BCUT2D eigenvalue weighted by molar-refractivity contribution is -0.0209. The largest absolute Gasteiger partial charge is 0.503 e. The van der Waals surface area contributed by atoms with Crippen molar-refractivity contribution in [2.45, 2.75) is 39.0 Å². The van der Waals surface area contributed by atoms with Gasteiger partial charge in [-0.1, -0.05) is 0 Å². The number of amides is 1. The molecule has 1 aliphatic rings. The number of nitrogens with one attached hydrogen (secondary N) is 1. The number of ketones is 1. The van der Waals surface area contributed by atoms with Crippen LogP contribution in [-0.2, 0) is 22.6 Å². The Kier molecular flexibility index (Phi) is 7.47. The summed E-state index contributed by atoms with van der Waals surface area (Å²) in [5, 5.41) is 12.7. The van der Waals surface area contributed by atoms with Gasteiger partial charge in [0.1, 0.15) is 28.7 Å². The summed E-state index contributed by atoms with van der Waals surface area (Å²) in [7, 11) is 2.96. The molecule has 3 rings (SSSR count). The molecule has 1 aliphatic heterocycles. The summed E-state index contributed by atoms with van der Waals surface area (Å²) in [5.41, 5.74) is -3.52. The Morgan fingerprint density at radius 3 is 2.47 bits per heavy atom. The highest BCUT2D eigenvalue weighted by molar-refractivity contribution is 6.03. The van der Waals surface area contributed by atoms with E-state index in [2.05, 4.69) is 5.32 Å². The number of nitrogens with zero attached hydrogens (tertiary/aromatic N) is 1. The molecule has 2 unspecified atom stereocenters. The molecule has 34 heavy (non-hydrogen) atoms. The number of ether oxygens (including phenoxy) is 2. The SMILES string of the molecule is COCCCC1(C)C(=O)c2c(O)c(=O)c(C(=O)NCc3c(F)cc(F)cc3F)cn2CC1OC. The number of carbonyl (C=O) groups is 2. The molecule has 0 spiro atoms.